The zero-order chi connectivity index (χ0) is 11.8. The van der Waals surface area contributed by atoms with Gasteiger partial charge in [0.1, 0.15) is 5.75 Å². The first kappa shape index (κ1) is 14.3. The average Bonchev–Trinajstić information content (AvgIpc) is 2.24. The lowest BCUT2D eigenvalue weighted by Crippen LogP contribution is -2.41. The Bertz CT molecular complexity index is 393. The van der Waals surface area contributed by atoms with Gasteiger partial charge in [0.05, 0.1) is 12.8 Å². The van der Waals surface area contributed by atoms with Gasteiger partial charge < -0.3 is 15.6 Å². The molecular formula is C13H20ClNO2. The molecule has 0 saturated carbocycles. The van der Waals surface area contributed by atoms with Crippen molar-refractivity contribution < 1.29 is 9.84 Å². The van der Waals surface area contributed by atoms with E-state index < -0.39 is 0 Å². The van der Waals surface area contributed by atoms with E-state index in [1.54, 1.807) is 6.07 Å². The topological polar surface area (TPSA) is 55.5 Å². The standard InChI is InChI=1S/C13H19NO2.ClH/c1-13(2)11-7-10(15)5-3-9(11)4-6-12(13)16-8-14;/h3,5,7,12,15H,4,6,8,14H2,1-2H3;1H. The number of phenols is 1. The minimum atomic E-state index is -0.0916. The second-order valence-electron chi connectivity index (χ2n) is 4.92. The van der Waals surface area contributed by atoms with Gasteiger partial charge in [-0.2, -0.15) is 0 Å². The predicted molar refractivity (Wildman–Crippen MR) is 70.6 cm³/mol. The maximum atomic E-state index is 9.57. The van der Waals surface area contributed by atoms with Gasteiger partial charge in [-0.3, -0.25) is 0 Å². The Morgan fingerprint density at radius 2 is 2.18 bits per heavy atom. The molecule has 1 aliphatic carbocycles. The molecule has 3 N–H and O–H groups in total. The van der Waals surface area contributed by atoms with Crippen molar-refractivity contribution in [3.8, 4) is 5.75 Å². The van der Waals surface area contributed by atoms with Crippen LogP contribution in [0.3, 0.4) is 0 Å². The van der Waals surface area contributed by atoms with E-state index in [0.29, 0.717) is 5.75 Å². The molecule has 4 heteroatoms. The molecule has 0 bridgehead atoms. The van der Waals surface area contributed by atoms with Crippen LogP contribution in [0.25, 0.3) is 0 Å². The SMILES string of the molecule is CC1(C)c2cc(O)ccc2CCC1OCN.Cl. The van der Waals surface area contributed by atoms with Gasteiger partial charge in [-0.05, 0) is 36.1 Å². The molecule has 0 saturated heterocycles. The van der Waals surface area contributed by atoms with E-state index in [4.69, 9.17) is 10.5 Å². The zero-order valence-corrected chi connectivity index (χ0v) is 11.1. The van der Waals surface area contributed by atoms with Crippen LogP contribution < -0.4 is 5.73 Å². The highest BCUT2D eigenvalue weighted by Gasteiger charge is 2.37. The van der Waals surface area contributed by atoms with Crippen LogP contribution in [-0.2, 0) is 16.6 Å². The molecule has 3 nitrogen and oxygen atoms in total. The van der Waals surface area contributed by atoms with Crippen molar-refractivity contribution in [2.75, 3.05) is 6.73 Å². The summed E-state index contributed by atoms with van der Waals surface area (Å²) >= 11 is 0. The van der Waals surface area contributed by atoms with E-state index in [9.17, 15) is 5.11 Å². The molecule has 1 aliphatic rings. The van der Waals surface area contributed by atoms with Crippen molar-refractivity contribution in [1.29, 1.82) is 0 Å². The van der Waals surface area contributed by atoms with Crippen molar-refractivity contribution in [3.63, 3.8) is 0 Å². The number of hydrogen-bond donors (Lipinski definition) is 2. The lowest BCUT2D eigenvalue weighted by Gasteiger charge is -2.40. The van der Waals surface area contributed by atoms with Gasteiger partial charge in [-0.25, -0.2) is 0 Å². The highest BCUT2D eigenvalue weighted by molar-refractivity contribution is 5.85. The van der Waals surface area contributed by atoms with Gasteiger partial charge >= 0.3 is 0 Å². The van der Waals surface area contributed by atoms with E-state index in [1.807, 2.05) is 12.1 Å². The van der Waals surface area contributed by atoms with Crippen molar-refractivity contribution in [1.82, 2.24) is 0 Å². The normalized spacial score (nSPS) is 21.5. The number of aryl methyl sites for hydroxylation is 1. The van der Waals surface area contributed by atoms with Gasteiger partial charge in [0.15, 0.2) is 0 Å². The quantitative estimate of drug-likeness (QED) is 0.800. The number of benzene rings is 1. The Labute approximate surface area is 108 Å². The summed E-state index contributed by atoms with van der Waals surface area (Å²) in [5.41, 5.74) is 7.85. The van der Waals surface area contributed by atoms with Crippen molar-refractivity contribution >= 4 is 12.4 Å². The number of fused-ring (bicyclic) bond motifs is 1. The van der Waals surface area contributed by atoms with E-state index in [2.05, 4.69) is 13.8 Å². The van der Waals surface area contributed by atoms with Gasteiger partial charge in [-0.15, -0.1) is 12.4 Å². The fraction of sp³-hybridized carbons (Fsp3) is 0.538. The molecule has 0 radical (unpaired) electrons. The number of rotatable bonds is 2. The summed E-state index contributed by atoms with van der Waals surface area (Å²) in [5, 5.41) is 9.57. The zero-order valence-electron chi connectivity index (χ0n) is 10.3. The Morgan fingerprint density at radius 1 is 1.47 bits per heavy atom. The fourth-order valence-corrected chi connectivity index (χ4v) is 2.61. The lowest BCUT2D eigenvalue weighted by molar-refractivity contribution is -0.000536. The summed E-state index contributed by atoms with van der Waals surface area (Å²) in [6, 6.07) is 5.60. The summed E-state index contributed by atoms with van der Waals surface area (Å²) in [6.07, 6.45) is 2.11. The fourth-order valence-electron chi connectivity index (χ4n) is 2.61. The largest absolute Gasteiger partial charge is 0.508 e. The minimum Gasteiger partial charge on any atom is -0.508 e. The number of ether oxygens (including phenoxy) is 1. The maximum Gasteiger partial charge on any atom is 0.115 e. The Balaban J connectivity index is 0.00000144. The molecule has 17 heavy (non-hydrogen) atoms. The lowest BCUT2D eigenvalue weighted by atomic mass is 9.70. The first-order chi connectivity index (χ1) is 7.55. The Kier molecular flexibility index (Phi) is 4.42. The third-order valence-corrected chi connectivity index (χ3v) is 3.57. The molecule has 0 heterocycles. The number of phenolic OH excluding ortho intramolecular Hbond substituents is 1. The predicted octanol–water partition coefficient (Wildman–Crippen LogP) is 2.34. The molecule has 96 valence electrons. The monoisotopic (exact) mass is 257 g/mol. The summed E-state index contributed by atoms with van der Waals surface area (Å²) < 4.78 is 5.59. The molecule has 1 aromatic carbocycles. The van der Waals surface area contributed by atoms with Crippen LogP contribution in [0.4, 0.5) is 0 Å². The van der Waals surface area contributed by atoms with Crippen LogP contribution >= 0.6 is 12.4 Å². The van der Waals surface area contributed by atoms with Crippen LogP contribution in [0.15, 0.2) is 18.2 Å². The second-order valence-corrected chi connectivity index (χ2v) is 4.92. The molecule has 0 amide bonds. The average molecular weight is 258 g/mol. The minimum absolute atomic E-state index is 0. The molecule has 1 atom stereocenters. The van der Waals surface area contributed by atoms with Gasteiger partial charge in [0.25, 0.3) is 0 Å². The molecule has 0 fully saturated rings. The summed E-state index contributed by atoms with van der Waals surface area (Å²) in [7, 11) is 0. The van der Waals surface area contributed by atoms with Gasteiger partial charge in [0.2, 0.25) is 0 Å². The highest BCUT2D eigenvalue weighted by Crippen LogP contribution is 2.39. The molecule has 1 aromatic rings. The highest BCUT2D eigenvalue weighted by atomic mass is 35.5. The van der Waals surface area contributed by atoms with Crippen molar-refractivity contribution in [2.24, 2.45) is 5.73 Å². The van der Waals surface area contributed by atoms with Crippen molar-refractivity contribution in [3.05, 3.63) is 29.3 Å². The Hall–Kier alpha value is -0.770. The second kappa shape index (κ2) is 5.25. The first-order valence-corrected chi connectivity index (χ1v) is 5.69. The van der Waals surface area contributed by atoms with Crippen molar-refractivity contribution in [2.45, 2.75) is 38.2 Å². The number of aromatic hydroxyl groups is 1. The van der Waals surface area contributed by atoms with Crippen LogP contribution in [0.5, 0.6) is 5.75 Å². The van der Waals surface area contributed by atoms with E-state index in [-0.39, 0.29) is 30.7 Å². The third kappa shape index (κ3) is 2.57. The van der Waals surface area contributed by atoms with E-state index in [0.717, 1.165) is 12.8 Å². The first-order valence-electron chi connectivity index (χ1n) is 5.69. The van der Waals surface area contributed by atoms with Crippen LogP contribution in [-0.4, -0.2) is 17.9 Å². The van der Waals surface area contributed by atoms with Crippen LogP contribution in [0, 0.1) is 0 Å². The molecule has 0 aliphatic heterocycles. The van der Waals surface area contributed by atoms with Crippen LogP contribution in [0.1, 0.15) is 31.4 Å². The third-order valence-electron chi connectivity index (χ3n) is 3.57. The number of nitrogens with two attached hydrogens (primary N) is 1. The molecule has 0 aromatic heterocycles. The Morgan fingerprint density at radius 3 is 2.82 bits per heavy atom. The summed E-state index contributed by atoms with van der Waals surface area (Å²) in [6.45, 7) is 4.54. The number of hydrogen-bond acceptors (Lipinski definition) is 3. The smallest absolute Gasteiger partial charge is 0.115 e. The van der Waals surface area contributed by atoms with Crippen LogP contribution in [0.2, 0.25) is 0 Å². The molecule has 0 spiro atoms. The summed E-state index contributed by atoms with van der Waals surface area (Å²) in [4.78, 5) is 0. The molecule has 2 rings (SSSR count). The summed E-state index contributed by atoms with van der Waals surface area (Å²) in [5.74, 6) is 0.320. The van der Waals surface area contributed by atoms with E-state index >= 15 is 0 Å². The van der Waals surface area contributed by atoms with Gasteiger partial charge in [-0.1, -0.05) is 19.9 Å². The van der Waals surface area contributed by atoms with E-state index in [1.165, 1.54) is 11.1 Å². The number of halogens is 1. The maximum absolute atomic E-state index is 9.57. The molecule has 1 unspecified atom stereocenters. The molecular weight excluding hydrogens is 238 g/mol. The van der Waals surface area contributed by atoms with Gasteiger partial charge in [0, 0.05) is 5.41 Å².